The number of hydrogen-bond donors (Lipinski definition) is 1. The number of hydrazone groups is 1. The molecular formula is C26H28N4O8S. The highest BCUT2D eigenvalue weighted by atomic mass is 32.2. The van der Waals surface area contributed by atoms with Gasteiger partial charge in [0.1, 0.15) is 12.3 Å². The molecule has 0 saturated heterocycles. The Labute approximate surface area is 226 Å². The third kappa shape index (κ3) is 6.82. The zero-order chi connectivity index (χ0) is 28.7. The summed E-state index contributed by atoms with van der Waals surface area (Å²) >= 11 is 0. The fourth-order valence-electron chi connectivity index (χ4n) is 3.79. The van der Waals surface area contributed by atoms with Crippen molar-refractivity contribution in [3.8, 4) is 17.2 Å². The monoisotopic (exact) mass is 556 g/mol. The van der Waals surface area contributed by atoms with E-state index in [1.807, 2.05) is 19.9 Å². The maximum atomic E-state index is 13.8. The zero-order valence-electron chi connectivity index (χ0n) is 22.0. The Morgan fingerprint density at radius 1 is 0.949 bits per heavy atom. The molecule has 0 aromatic heterocycles. The molecule has 0 radical (unpaired) electrons. The van der Waals surface area contributed by atoms with Crippen LogP contribution in [0.25, 0.3) is 0 Å². The van der Waals surface area contributed by atoms with E-state index in [4.69, 9.17) is 14.2 Å². The Morgan fingerprint density at radius 2 is 1.56 bits per heavy atom. The van der Waals surface area contributed by atoms with Crippen LogP contribution < -0.4 is 23.9 Å². The lowest BCUT2D eigenvalue weighted by Crippen LogP contribution is -2.39. The van der Waals surface area contributed by atoms with Gasteiger partial charge < -0.3 is 14.2 Å². The average molecular weight is 557 g/mol. The van der Waals surface area contributed by atoms with E-state index in [1.54, 1.807) is 12.1 Å². The van der Waals surface area contributed by atoms with Gasteiger partial charge in [-0.25, -0.2) is 13.8 Å². The SMILES string of the molecule is COc1ccc([N+](=O)[O-])cc1/C=N\NC(=O)CN(c1cc(C)cc(C)c1)S(=O)(=O)c1ccc(OC)c(OC)c1. The second-order valence-corrected chi connectivity index (χ2v) is 10.2. The molecule has 12 nitrogen and oxygen atoms in total. The van der Waals surface area contributed by atoms with E-state index < -0.39 is 27.4 Å². The van der Waals surface area contributed by atoms with Crippen molar-refractivity contribution in [2.75, 3.05) is 32.2 Å². The van der Waals surface area contributed by atoms with Crippen LogP contribution in [0.4, 0.5) is 11.4 Å². The van der Waals surface area contributed by atoms with Gasteiger partial charge in [-0.15, -0.1) is 0 Å². The molecule has 1 N–H and O–H groups in total. The minimum Gasteiger partial charge on any atom is -0.496 e. The normalized spacial score (nSPS) is 11.2. The number of non-ortho nitro benzene ring substituents is 1. The number of carbonyl (C=O) groups excluding carboxylic acids is 1. The van der Waals surface area contributed by atoms with Crippen LogP contribution >= 0.6 is 0 Å². The Bertz CT molecular complexity index is 1500. The van der Waals surface area contributed by atoms with Crippen LogP contribution in [0.1, 0.15) is 16.7 Å². The molecule has 0 aliphatic carbocycles. The maximum absolute atomic E-state index is 13.8. The number of anilines is 1. The average Bonchev–Trinajstić information content (AvgIpc) is 2.90. The molecule has 0 fully saturated rings. The number of nitrogens with zero attached hydrogens (tertiary/aromatic N) is 3. The fraction of sp³-hybridized carbons (Fsp3) is 0.231. The summed E-state index contributed by atoms with van der Waals surface area (Å²) in [7, 11) is -0.0473. The molecule has 1 amide bonds. The van der Waals surface area contributed by atoms with Crippen molar-refractivity contribution >= 4 is 33.5 Å². The third-order valence-electron chi connectivity index (χ3n) is 5.54. The molecule has 0 spiro atoms. The van der Waals surface area contributed by atoms with Gasteiger partial charge in [0.15, 0.2) is 11.5 Å². The van der Waals surface area contributed by atoms with Crippen LogP contribution in [0.15, 0.2) is 64.6 Å². The van der Waals surface area contributed by atoms with Crippen LogP contribution in [0, 0.1) is 24.0 Å². The number of sulfonamides is 1. The molecule has 0 bridgehead atoms. The number of methoxy groups -OCH3 is 3. The first-order valence-corrected chi connectivity index (χ1v) is 12.9. The fourth-order valence-corrected chi connectivity index (χ4v) is 5.21. The standard InChI is InChI=1S/C26H28N4O8S/c1-17-10-18(2)12-21(11-17)29(39(34,35)22-7-9-24(37-4)25(14-22)38-5)16-26(31)28-27-15-19-13-20(30(32)33)6-8-23(19)36-3/h6-15H,16H2,1-5H3,(H,28,31)/b27-15-. The van der Waals surface area contributed by atoms with Crippen molar-refractivity contribution in [1.82, 2.24) is 5.43 Å². The van der Waals surface area contributed by atoms with Gasteiger partial charge in [-0.05, 0) is 55.3 Å². The van der Waals surface area contributed by atoms with Crippen molar-refractivity contribution in [1.29, 1.82) is 0 Å². The van der Waals surface area contributed by atoms with Gasteiger partial charge in [-0.1, -0.05) is 6.07 Å². The van der Waals surface area contributed by atoms with E-state index >= 15 is 0 Å². The molecule has 3 rings (SSSR count). The summed E-state index contributed by atoms with van der Waals surface area (Å²) in [6, 6.07) is 13.2. The van der Waals surface area contributed by atoms with Crippen molar-refractivity contribution in [3.05, 3.63) is 81.4 Å². The van der Waals surface area contributed by atoms with Gasteiger partial charge in [-0.3, -0.25) is 19.2 Å². The van der Waals surface area contributed by atoms with Crippen LogP contribution in [-0.4, -0.2) is 53.3 Å². The number of nitrogens with one attached hydrogen (secondary N) is 1. The van der Waals surface area contributed by atoms with Crippen molar-refractivity contribution < 1.29 is 32.3 Å². The van der Waals surface area contributed by atoms with E-state index in [-0.39, 0.29) is 27.6 Å². The predicted octanol–water partition coefficient (Wildman–Crippen LogP) is 3.58. The summed E-state index contributed by atoms with van der Waals surface area (Å²) in [6.07, 6.45) is 1.17. The Hall–Kier alpha value is -4.65. The molecule has 0 aliphatic rings. The zero-order valence-corrected chi connectivity index (χ0v) is 22.8. The molecule has 39 heavy (non-hydrogen) atoms. The Morgan fingerprint density at radius 3 is 2.15 bits per heavy atom. The van der Waals surface area contributed by atoms with Crippen LogP contribution in [0.5, 0.6) is 17.2 Å². The van der Waals surface area contributed by atoms with Gasteiger partial charge in [0.05, 0.1) is 43.1 Å². The minimum atomic E-state index is -4.25. The Kier molecular flexibility index (Phi) is 9.09. The van der Waals surface area contributed by atoms with Gasteiger partial charge in [0, 0.05) is 23.8 Å². The second kappa shape index (κ2) is 12.3. The third-order valence-corrected chi connectivity index (χ3v) is 7.31. The summed E-state index contributed by atoms with van der Waals surface area (Å²) in [5, 5.41) is 15.0. The van der Waals surface area contributed by atoms with E-state index in [1.165, 1.54) is 63.9 Å². The smallest absolute Gasteiger partial charge is 0.270 e. The Balaban J connectivity index is 1.94. The second-order valence-electron chi connectivity index (χ2n) is 8.35. The summed E-state index contributed by atoms with van der Waals surface area (Å²) in [5.74, 6) is 0.0994. The van der Waals surface area contributed by atoms with Crippen molar-refractivity contribution in [3.63, 3.8) is 0 Å². The number of ether oxygens (including phenoxy) is 3. The number of amides is 1. The summed E-state index contributed by atoms with van der Waals surface area (Å²) in [5.41, 5.74) is 4.22. The number of hydrogen-bond acceptors (Lipinski definition) is 9. The first kappa shape index (κ1) is 28.9. The predicted molar refractivity (Wildman–Crippen MR) is 145 cm³/mol. The van der Waals surface area contributed by atoms with Crippen LogP contribution in [-0.2, 0) is 14.8 Å². The number of aryl methyl sites for hydroxylation is 2. The van der Waals surface area contributed by atoms with Crippen molar-refractivity contribution in [2.45, 2.75) is 18.7 Å². The summed E-state index contributed by atoms with van der Waals surface area (Å²) in [4.78, 5) is 23.3. The number of nitro groups is 1. The first-order valence-electron chi connectivity index (χ1n) is 11.5. The van der Waals surface area contributed by atoms with E-state index in [2.05, 4.69) is 10.5 Å². The summed E-state index contributed by atoms with van der Waals surface area (Å²) in [6.45, 7) is 3.02. The molecule has 0 unspecified atom stereocenters. The van der Waals surface area contributed by atoms with Crippen molar-refractivity contribution in [2.24, 2.45) is 5.10 Å². The number of carbonyl (C=O) groups is 1. The lowest BCUT2D eigenvalue weighted by Gasteiger charge is -2.25. The summed E-state index contributed by atoms with van der Waals surface area (Å²) < 4.78 is 44.1. The molecule has 3 aromatic rings. The molecule has 13 heteroatoms. The lowest BCUT2D eigenvalue weighted by molar-refractivity contribution is -0.384. The van der Waals surface area contributed by atoms with E-state index in [0.29, 0.717) is 11.5 Å². The van der Waals surface area contributed by atoms with E-state index in [9.17, 15) is 23.3 Å². The molecule has 0 aliphatic heterocycles. The number of benzene rings is 3. The highest BCUT2D eigenvalue weighted by Crippen LogP contribution is 2.32. The molecule has 206 valence electrons. The number of nitro benzene ring substituents is 1. The molecule has 3 aromatic carbocycles. The van der Waals surface area contributed by atoms with E-state index in [0.717, 1.165) is 15.4 Å². The largest absolute Gasteiger partial charge is 0.496 e. The topological polar surface area (TPSA) is 150 Å². The highest BCUT2D eigenvalue weighted by molar-refractivity contribution is 7.92. The number of rotatable bonds is 11. The van der Waals surface area contributed by atoms with Gasteiger partial charge in [0.25, 0.3) is 21.6 Å². The first-order chi connectivity index (χ1) is 18.5. The molecule has 0 saturated carbocycles. The van der Waals surface area contributed by atoms with Gasteiger partial charge in [-0.2, -0.15) is 5.10 Å². The minimum absolute atomic E-state index is 0.114. The molecule has 0 atom stereocenters. The lowest BCUT2D eigenvalue weighted by atomic mass is 10.1. The molecular weight excluding hydrogens is 528 g/mol. The highest BCUT2D eigenvalue weighted by Gasteiger charge is 2.28. The van der Waals surface area contributed by atoms with Gasteiger partial charge >= 0.3 is 0 Å². The molecule has 0 heterocycles. The quantitative estimate of drug-likeness (QED) is 0.214. The van der Waals surface area contributed by atoms with Crippen LogP contribution in [0.3, 0.4) is 0 Å². The maximum Gasteiger partial charge on any atom is 0.270 e. The van der Waals surface area contributed by atoms with Crippen LogP contribution in [0.2, 0.25) is 0 Å². The van der Waals surface area contributed by atoms with Gasteiger partial charge in [0.2, 0.25) is 0 Å².